The lowest BCUT2D eigenvalue weighted by Crippen LogP contribution is -2.54. The molecular weight excluding hydrogens is 613 g/mol. The lowest BCUT2D eigenvalue weighted by Gasteiger charge is -2.34. The van der Waals surface area contributed by atoms with Gasteiger partial charge in [0.1, 0.15) is 18.4 Å². The maximum absolute atomic E-state index is 15.0. The van der Waals surface area contributed by atoms with Crippen molar-refractivity contribution in [3.8, 4) is 0 Å². The van der Waals surface area contributed by atoms with Gasteiger partial charge < -0.3 is 10.2 Å². The average Bonchev–Trinajstić information content (AvgIpc) is 3.04. The summed E-state index contributed by atoms with van der Waals surface area (Å²) in [4.78, 5) is 29.6. The predicted molar refractivity (Wildman–Crippen MR) is 176 cm³/mol. The summed E-state index contributed by atoms with van der Waals surface area (Å²) in [5.41, 5.74) is 1.65. The van der Waals surface area contributed by atoms with E-state index in [0.717, 1.165) is 9.87 Å². The fraction of sp³-hybridized carbons (Fsp3) is 0.257. The third kappa shape index (κ3) is 8.29. The van der Waals surface area contributed by atoms with Crippen LogP contribution in [0, 0.1) is 12.7 Å². The molecule has 0 saturated carbocycles. The van der Waals surface area contributed by atoms with E-state index in [9.17, 15) is 18.0 Å². The lowest BCUT2D eigenvalue weighted by molar-refractivity contribution is -0.140. The molecule has 10 heteroatoms. The first-order chi connectivity index (χ1) is 21.5. The maximum Gasteiger partial charge on any atom is 0.264 e. The number of amides is 2. The minimum atomic E-state index is -4.28. The summed E-state index contributed by atoms with van der Waals surface area (Å²) in [7, 11) is -4.28. The van der Waals surface area contributed by atoms with Gasteiger partial charge in [-0.25, -0.2) is 12.8 Å². The van der Waals surface area contributed by atoms with Crippen molar-refractivity contribution in [2.75, 3.05) is 10.8 Å². The molecule has 0 spiro atoms. The molecule has 0 aliphatic carbocycles. The van der Waals surface area contributed by atoms with Gasteiger partial charge in [0.05, 0.1) is 10.6 Å². The van der Waals surface area contributed by atoms with Gasteiger partial charge in [0.25, 0.3) is 10.0 Å². The van der Waals surface area contributed by atoms with E-state index in [1.165, 1.54) is 29.2 Å². The molecule has 0 fully saturated rings. The van der Waals surface area contributed by atoms with E-state index >= 15 is 4.39 Å². The second kappa shape index (κ2) is 15.2. The maximum atomic E-state index is 15.0. The van der Waals surface area contributed by atoms with Gasteiger partial charge in [-0.05, 0) is 61.7 Å². The van der Waals surface area contributed by atoms with Crippen LogP contribution in [0.15, 0.2) is 108 Å². The molecule has 236 valence electrons. The summed E-state index contributed by atoms with van der Waals surface area (Å²) >= 11 is 6.41. The molecule has 7 nitrogen and oxygen atoms in total. The second-order valence-corrected chi connectivity index (χ2v) is 13.1. The number of carbonyl (C=O) groups excluding carboxylic acids is 2. The first kappa shape index (κ1) is 33.7. The Hall–Kier alpha value is -4.21. The van der Waals surface area contributed by atoms with Crippen molar-refractivity contribution in [1.82, 2.24) is 10.2 Å². The fourth-order valence-electron chi connectivity index (χ4n) is 4.90. The Morgan fingerprint density at radius 2 is 1.51 bits per heavy atom. The molecule has 0 aliphatic rings. The van der Waals surface area contributed by atoms with Gasteiger partial charge >= 0.3 is 0 Å². The molecule has 0 heterocycles. The van der Waals surface area contributed by atoms with Crippen LogP contribution in [-0.2, 0) is 32.6 Å². The molecule has 1 N–H and O–H groups in total. The first-order valence-corrected chi connectivity index (χ1v) is 16.5. The topological polar surface area (TPSA) is 86.8 Å². The summed E-state index contributed by atoms with van der Waals surface area (Å²) in [6.07, 6.45) is 0.785. The number of nitrogens with zero attached hydrogens (tertiary/aromatic N) is 2. The normalized spacial score (nSPS) is 12.6. The van der Waals surface area contributed by atoms with Crippen LogP contribution in [0.25, 0.3) is 0 Å². The van der Waals surface area contributed by atoms with E-state index in [1.807, 2.05) is 44.2 Å². The fourth-order valence-corrected chi connectivity index (χ4v) is 6.57. The zero-order chi connectivity index (χ0) is 32.6. The van der Waals surface area contributed by atoms with Crippen LogP contribution < -0.4 is 9.62 Å². The molecule has 0 radical (unpaired) electrons. The lowest BCUT2D eigenvalue weighted by atomic mass is 10.0. The molecule has 2 atom stereocenters. The van der Waals surface area contributed by atoms with E-state index < -0.39 is 40.2 Å². The van der Waals surface area contributed by atoms with Crippen molar-refractivity contribution >= 4 is 39.1 Å². The molecule has 2 amide bonds. The molecule has 4 aromatic carbocycles. The Balaban J connectivity index is 1.84. The number of hydrogen-bond acceptors (Lipinski definition) is 4. The van der Waals surface area contributed by atoms with Crippen molar-refractivity contribution in [1.29, 1.82) is 0 Å². The largest absolute Gasteiger partial charge is 0.352 e. The van der Waals surface area contributed by atoms with Crippen LogP contribution in [0.1, 0.15) is 37.0 Å². The number of sulfonamides is 1. The molecule has 45 heavy (non-hydrogen) atoms. The van der Waals surface area contributed by atoms with Crippen molar-refractivity contribution in [3.05, 3.63) is 131 Å². The third-order valence-electron chi connectivity index (χ3n) is 7.69. The molecule has 4 aromatic rings. The average molecular weight is 650 g/mol. The van der Waals surface area contributed by atoms with Crippen molar-refractivity contribution in [2.24, 2.45) is 0 Å². The van der Waals surface area contributed by atoms with Gasteiger partial charge in [0.15, 0.2) is 0 Å². The van der Waals surface area contributed by atoms with Gasteiger partial charge in [-0.2, -0.15) is 0 Å². The monoisotopic (exact) mass is 649 g/mol. The van der Waals surface area contributed by atoms with Crippen LogP contribution in [0.3, 0.4) is 0 Å². The molecule has 0 aromatic heterocycles. The zero-order valence-corrected chi connectivity index (χ0v) is 27.1. The molecule has 4 rings (SSSR count). The Kier molecular flexibility index (Phi) is 11.4. The van der Waals surface area contributed by atoms with Gasteiger partial charge in [-0.15, -0.1) is 0 Å². The van der Waals surface area contributed by atoms with E-state index in [2.05, 4.69) is 5.32 Å². The summed E-state index contributed by atoms with van der Waals surface area (Å²) in [5, 5.41) is 3.29. The highest BCUT2D eigenvalue weighted by Crippen LogP contribution is 2.31. The number of nitrogens with one attached hydrogen (secondary N) is 1. The molecule has 0 bridgehead atoms. The molecule has 0 aliphatic heterocycles. The van der Waals surface area contributed by atoms with Crippen molar-refractivity contribution in [3.63, 3.8) is 0 Å². The van der Waals surface area contributed by atoms with Crippen LogP contribution >= 0.6 is 11.6 Å². The number of rotatable bonds is 13. The Morgan fingerprint density at radius 3 is 2.16 bits per heavy atom. The Morgan fingerprint density at radius 1 is 0.889 bits per heavy atom. The molecule has 0 unspecified atom stereocenters. The summed E-state index contributed by atoms with van der Waals surface area (Å²) in [5.74, 6) is -1.65. The highest BCUT2D eigenvalue weighted by atomic mass is 35.5. The SMILES string of the molecule is CC[C@H](C)NC(=O)[C@@H](Cc1ccccc1)N(Cc1ccccc1F)C(=O)CN(c1cccc(Cl)c1C)S(=O)(=O)c1ccccc1. The number of hydrogen-bond donors (Lipinski definition) is 1. The number of anilines is 1. The van der Waals surface area contributed by atoms with Crippen molar-refractivity contribution in [2.45, 2.75) is 57.1 Å². The van der Waals surface area contributed by atoms with E-state index in [-0.39, 0.29) is 35.2 Å². The second-order valence-electron chi connectivity index (χ2n) is 10.8. The van der Waals surface area contributed by atoms with E-state index in [4.69, 9.17) is 11.6 Å². The third-order valence-corrected chi connectivity index (χ3v) is 9.87. The van der Waals surface area contributed by atoms with Crippen molar-refractivity contribution < 1.29 is 22.4 Å². The van der Waals surface area contributed by atoms with Gasteiger partial charge in [-0.1, -0.05) is 91.3 Å². The minimum absolute atomic E-state index is 0.0202. The van der Waals surface area contributed by atoms with E-state index in [1.54, 1.807) is 55.5 Å². The summed E-state index contributed by atoms with van der Waals surface area (Å²) in [6.45, 7) is 4.54. The minimum Gasteiger partial charge on any atom is -0.352 e. The highest BCUT2D eigenvalue weighted by Gasteiger charge is 2.35. The Labute approximate surface area is 269 Å². The first-order valence-electron chi connectivity index (χ1n) is 14.7. The zero-order valence-electron chi connectivity index (χ0n) is 25.5. The standard InChI is InChI=1S/C35H37ClFN3O4S/c1-4-25(2)38-35(42)33(22-27-14-7-5-8-15-27)39(23-28-16-11-12-20-31(28)37)34(41)24-40(32-21-13-19-30(36)26(32)3)45(43,44)29-17-9-6-10-18-29/h5-21,25,33H,4,22-24H2,1-3H3,(H,38,42)/t25-,33+/m0/s1. The van der Waals surface area contributed by atoms with Gasteiger partial charge in [0, 0.05) is 29.6 Å². The molecular formula is C35H37ClFN3O4S. The Bertz CT molecular complexity index is 1720. The number of halogens is 2. The summed E-state index contributed by atoms with van der Waals surface area (Å²) < 4.78 is 44.3. The highest BCUT2D eigenvalue weighted by molar-refractivity contribution is 7.92. The molecule has 0 saturated heterocycles. The van der Waals surface area contributed by atoms with Crippen LogP contribution in [0.4, 0.5) is 10.1 Å². The number of benzene rings is 4. The van der Waals surface area contributed by atoms with Gasteiger partial charge in [0.2, 0.25) is 11.8 Å². The number of carbonyl (C=O) groups is 2. The van der Waals surface area contributed by atoms with Crippen LogP contribution in [0.2, 0.25) is 5.02 Å². The van der Waals surface area contributed by atoms with Gasteiger partial charge in [-0.3, -0.25) is 13.9 Å². The van der Waals surface area contributed by atoms with E-state index in [0.29, 0.717) is 17.0 Å². The predicted octanol–water partition coefficient (Wildman–Crippen LogP) is 6.54. The quantitative estimate of drug-likeness (QED) is 0.178. The van der Waals surface area contributed by atoms with Crippen LogP contribution in [-0.4, -0.2) is 43.8 Å². The van der Waals surface area contributed by atoms with Crippen LogP contribution in [0.5, 0.6) is 0 Å². The summed E-state index contributed by atoms with van der Waals surface area (Å²) in [6, 6.07) is 26.5. The smallest absolute Gasteiger partial charge is 0.264 e.